The van der Waals surface area contributed by atoms with Gasteiger partial charge in [-0.05, 0) is 36.4 Å². The molecule has 2 aromatic carbocycles. The highest BCUT2D eigenvalue weighted by atomic mass is 16.5. The predicted molar refractivity (Wildman–Crippen MR) is 112 cm³/mol. The van der Waals surface area contributed by atoms with E-state index in [1.807, 2.05) is 36.4 Å². The van der Waals surface area contributed by atoms with Crippen LogP contribution in [0.1, 0.15) is 22.8 Å². The number of para-hydroxylation sites is 1. The van der Waals surface area contributed by atoms with Crippen LogP contribution in [-0.2, 0) is 11.3 Å². The second kappa shape index (κ2) is 9.36. The summed E-state index contributed by atoms with van der Waals surface area (Å²) in [5.74, 6) is 0.374. The van der Waals surface area contributed by atoms with Gasteiger partial charge in [-0.15, -0.1) is 0 Å². The number of hydrogen-bond donors (Lipinski definition) is 3. The maximum Gasteiger partial charge on any atom is 0.253 e. The highest BCUT2D eigenvalue weighted by Crippen LogP contribution is 2.20. The Morgan fingerprint density at radius 3 is 2.41 bits per heavy atom. The second-order valence-electron chi connectivity index (χ2n) is 6.34. The van der Waals surface area contributed by atoms with Gasteiger partial charge >= 0.3 is 0 Å². The molecule has 3 N–H and O–H groups in total. The normalized spacial score (nSPS) is 10.1. The van der Waals surface area contributed by atoms with Crippen molar-refractivity contribution in [2.24, 2.45) is 0 Å². The van der Waals surface area contributed by atoms with Crippen molar-refractivity contribution in [2.75, 3.05) is 17.7 Å². The lowest BCUT2D eigenvalue weighted by atomic mass is 10.2. The molecule has 3 rings (SSSR count). The van der Waals surface area contributed by atoms with E-state index in [0.29, 0.717) is 23.5 Å². The Morgan fingerprint density at radius 2 is 1.69 bits per heavy atom. The zero-order valence-corrected chi connectivity index (χ0v) is 16.2. The van der Waals surface area contributed by atoms with E-state index in [9.17, 15) is 9.59 Å². The molecular weight excluding hydrogens is 368 g/mol. The quantitative estimate of drug-likeness (QED) is 0.572. The van der Waals surface area contributed by atoms with Gasteiger partial charge in [0, 0.05) is 36.6 Å². The number of carbonyl (C=O) groups is 2. The molecule has 1 heterocycles. The molecule has 0 aliphatic heterocycles. The number of anilines is 3. The number of hydrogen-bond acceptors (Lipinski definition) is 5. The second-order valence-corrected chi connectivity index (χ2v) is 6.34. The van der Waals surface area contributed by atoms with Gasteiger partial charge in [0.2, 0.25) is 5.91 Å². The van der Waals surface area contributed by atoms with Crippen molar-refractivity contribution < 1.29 is 14.3 Å². The Kier molecular flexibility index (Phi) is 6.42. The number of amides is 2. The van der Waals surface area contributed by atoms with Gasteiger partial charge in [0.1, 0.15) is 5.75 Å². The standard InChI is InChI=1S/C22H22N4O3/c1-15(27)25-18-7-9-19(10-8-18)26-20-11-17(12-23-14-20)22(28)24-13-16-5-3-4-6-21(16)29-2/h3-12,14,26H,13H2,1-2H3,(H,24,28)(H,25,27). The molecule has 0 fully saturated rings. The minimum absolute atomic E-state index is 0.123. The van der Waals surface area contributed by atoms with E-state index in [0.717, 1.165) is 17.0 Å². The van der Waals surface area contributed by atoms with E-state index in [2.05, 4.69) is 20.9 Å². The highest BCUT2D eigenvalue weighted by molar-refractivity contribution is 5.95. The molecule has 0 radical (unpaired) electrons. The lowest BCUT2D eigenvalue weighted by Crippen LogP contribution is -2.23. The Labute approximate surface area is 169 Å². The monoisotopic (exact) mass is 390 g/mol. The Morgan fingerprint density at radius 1 is 0.966 bits per heavy atom. The first-order chi connectivity index (χ1) is 14.0. The molecule has 0 aliphatic rings. The SMILES string of the molecule is COc1ccccc1CNC(=O)c1cncc(Nc2ccc(NC(C)=O)cc2)c1. The third-order valence-corrected chi connectivity index (χ3v) is 4.13. The summed E-state index contributed by atoms with van der Waals surface area (Å²) in [6, 6.07) is 16.5. The Hall–Kier alpha value is -3.87. The van der Waals surface area contributed by atoms with Crippen LogP contribution >= 0.6 is 0 Å². The van der Waals surface area contributed by atoms with E-state index < -0.39 is 0 Å². The summed E-state index contributed by atoms with van der Waals surface area (Å²) in [6.45, 7) is 1.81. The number of rotatable bonds is 7. The van der Waals surface area contributed by atoms with Gasteiger partial charge < -0.3 is 20.7 Å². The fourth-order valence-corrected chi connectivity index (χ4v) is 2.77. The van der Waals surface area contributed by atoms with Crippen LogP contribution in [0.25, 0.3) is 0 Å². The van der Waals surface area contributed by atoms with Gasteiger partial charge in [-0.2, -0.15) is 0 Å². The van der Waals surface area contributed by atoms with Crippen molar-refractivity contribution in [3.05, 3.63) is 78.1 Å². The fraction of sp³-hybridized carbons (Fsp3) is 0.136. The first-order valence-corrected chi connectivity index (χ1v) is 9.05. The number of methoxy groups -OCH3 is 1. The molecule has 148 valence electrons. The number of aromatic nitrogens is 1. The number of ether oxygens (including phenoxy) is 1. The number of pyridine rings is 1. The zero-order valence-electron chi connectivity index (χ0n) is 16.2. The van der Waals surface area contributed by atoms with Crippen LogP contribution in [0.15, 0.2) is 67.0 Å². The first kappa shape index (κ1) is 19.9. The van der Waals surface area contributed by atoms with Crippen LogP contribution in [0.4, 0.5) is 17.1 Å². The summed E-state index contributed by atoms with van der Waals surface area (Å²) in [4.78, 5) is 27.7. The summed E-state index contributed by atoms with van der Waals surface area (Å²) in [5, 5.41) is 8.79. The van der Waals surface area contributed by atoms with Crippen molar-refractivity contribution in [3.8, 4) is 5.75 Å². The van der Waals surface area contributed by atoms with Gasteiger partial charge in [0.25, 0.3) is 5.91 Å². The number of benzene rings is 2. The molecule has 29 heavy (non-hydrogen) atoms. The van der Waals surface area contributed by atoms with Crippen LogP contribution in [0, 0.1) is 0 Å². The molecule has 0 saturated carbocycles. The lowest BCUT2D eigenvalue weighted by molar-refractivity contribution is -0.114. The molecule has 7 heteroatoms. The van der Waals surface area contributed by atoms with Gasteiger partial charge in [0.05, 0.1) is 24.6 Å². The summed E-state index contributed by atoms with van der Waals surface area (Å²) in [7, 11) is 1.60. The molecule has 1 aromatic heterocycles. The molecule has 0 saturated heterocycles. The maximum absolute atomic E-state index is 12.5. The molecule has 0 atom stereocenters. The van der Waals surface area contributed by atoms with E-state index in [1.54, 1.807) is 31.5 Å². The van der Waals surface area contributed by atoms with Crippen LogP contribution in [0.5, 0.6) is 5.75 Å². The van der Waals surface area contributed by atoms with E-state index in [4.69, 9.17) is 4.74 Å². The lowest BCUT2D eigenvalue weighted by Gasteiger charge is -2.11. The fourth-order valence-electron chi connectivity index (χ4n) is 2.77. The molecule has 0 unspecified atom stereocenters. The maximum atomic E-state index is 12.5. The number of carbonyl (C=O) groups excluding carboxylic acids is 2. The highest BCUT2D eigenvalue weighted by Gasteiger charge is 2.09. The van der Waals surface area contributed by atoms with Crippen LogP contribution in [0.2, 0.25) is 0 Å². The van der Waals surface area contributed by atoms with E-state index in [1.165, 1.54) is 13.1 Å². The van der Waals surface area contributed by atoms with Crippen molar-refractivity contribution >= 4 is 28.9 Å². The van der Waals surface area contributed by atoms with Crippen molar-refractivity contribution in [2.45, 2.75) is 13.5 Å². The number of nitrogens with zero attached hydrogens (tertiary/aromatic N) is 1. The summed E-state index contributed by atoms with van der Waals surface area (Å²) < 4.78 is 5.30. The number of nitrogens with one attached hydrogen (secondary N) is 3. The Balaban J connectivity index is 1.64. The minimum Gasteiger partial charge on any atom is -0.496 e. The van der Waals surface area contributed by atoms with Gasteiger partial charge in [-0.1, -0.05) is 18.2 Å². The summed E-state index contributed by atoms with van der Waals surface area (Å²) >= 11 is 0. The zero-order chi connectivity index (χ0) is 20.6. The predicted octanol–water partition coefficient (Wildman–Crippen LogP) is 3.72. The van der Waals surface area contributed by atoms with Gasteiger partial charge in [-0.25, -0.2) is 0 Å². The third-order valence-electron chi connectivity index (χ3n) is 4.13. The topological polar surface area (TPSA) is 92.3 Å². The molecule has 0 bridgehead atoms. The average Bonchev–Trinajstić information content (AvgIpc) is 2.73. The molecular formula is C22H22N4O3. The average molecular weight is 390 g/mol. The van der Waals surface area contributed by atoms with E-state index >= 15 is 0 Å². The summed E-state index contributed by atoms with van der Waals surface area (Å²) in [5.41, 5.74) is 3.55. The largest absolute Gasteiger partial charge is 0.496 e. The molecule has 3 aromatic rings. The molecule has 7 nitrogen and oxygen atoms in total. The molecule has 0 spiro atoms. The molecule has 0 aliphatic carbocycles. The van der Waals surface area contributed by atoms with Crippen LogP contribution in [0.3, 0.4) is 0 Å². The van der Waals surface area contributed by atoms with Crippen molar-refractivity contribution in [1.82, 2.24) is 10.3 Å². The van der Waals surface area contributed by atoms with Gasteiger partial charge in [-0.3, -0.25) is 14.6 Å². The van der Waals surface area contributed by atoms with Crippen molar-refractivity contribution in [3.63, 3.8) is 0 Å². The van der Waals surface area contributed by atoms with Crippen molar-refractivity contribution in [1.29, 1.82) is 0 Å². The Bertz CT molecular complexity index is 1000. The smallest absolute Gasteiger partial charge is 0.253 e. The summed E-state index contributed by atoms with van der Waals surface area (Å²) in [6.07, 6.45) is 3.15. The minimum atomic E-state index is -0.229. The van der Waals surface area contributed by atoms with Crippen LogP contribution in [-0.4, -0.2) is 23.9 Å². The van der Waals surface area contributed by atoms with E-state index in [-0.39, 0.29) is 11.8 Å². The third kappa shape index (κ3) is 5.55. The van der Waals surface area contributed by atoms with Crippen LogP contribution < -0.4 is 20.7 Å². The first-order valence-electron chi connectivity index (χ1n) is 9.05. The van der Waals surface area contributed by atoms with Gasteiger partial charge in [0.15, 0.2) is 0 Å². The molecule has 2 amide bonds.